The molecule has 2 aromatic rings. The molecule has 0 saturated carbocycles. The van der Waals surface area contributed by atoms with Crippen LogP contribution < -0.4 is 20.3 Å². The summed E-state index contributed by atoms with van der Waals surface area (Å²) in [7, 11) is -2.22. The Kier molecular flexibility index (Phi) is 7.33. The van der Waals surface area contributed by atoms with Gasteiger partial charge >= 0.3 is 0 Å². The van der Waals surface area contributed by atoms with Crippen LogP contribution in [0.5, 0.6) is 0 Å². The first kappa shape index (κ1) is 25.4. The Labute approximate surface area is 203 Å². The summed E-state index contributed by atoms with van der Waals surface area (Å²) in [6.07, 6.45) is 0. The van der Waals surface area contributed by atoms with E-state index in [1.54, 1.807) is 45.0 Å². The lowest BCUT2D eigenvalue weighted by Crippen LogP contribution is -2.58. The SMILES string of the molecule is CNC(=O)CN1C(=O)C(CNS(=O)(=O)C(C)(C)C)(NCc2ccc(Br)cc2)c2ccccc21. The molecule has 3 rings (SSSR count). The molecule has 0 radical (unpaired) electrons. The number of hydrogen-bond acceptors (Lipinski definition) is 5. The van der Waals surface area contributed by atoms with E-state index < -0.39 is 20.3 Å². The number of halogens is 1. The topological polar surface area (TPSA) is 108 Å². The Bertz CT molecular complexity index is 1150. The molecule has 33 heavy (non-hydrogen) atoms. The van der Waals surface area contributed by atoms with Crippen molar-refractivity contribution in [2.45, 2.75) is 37.6 Å². The normalized spacial score (nSPS) is 18.3. The zero-order valence-electron chi connectivity index (χ0n) is 19.1. The molecule has 2 aromatic carbocycles. The maximum Gasteiger partial charge on any atom is 0.253 e. The van der Waals surface area contributed by atoms with Crippen LogP contribution in [-0.2, 0) is 31.7 Å². The molecule has 0 fully saturated rings. The number of carbonyl (C=O) groups is 2. The Morgan fingerprint density at radius 2 is 1.73 bits per heavy atom. The average molecular weight is 537 g/mol. The number of likely N-dealkylation sites (N-methyl/N-ethyl adjacent to an activating group) is 1. The molecular weight excluding hydrogens is 508 g/mol. The second-order valence-electron chi connectivity index (χ2n) is 8.90. The number of fused-ring (bicyclic) bond motifs is 1. The molecule has 1 atom stereocenters. The highest BCUT2D eigenvalue weighted by Crippen LogP contribution is 2.40. The van der Waals surface area contributed by atoms with E-state index in [0.29, 0.717) is 17.8 Å². The van der Waals surface area contributed by atoms with Gasteiger partial charge in [0, 0.05) is 35.9 Å². The van der Waals surface area contributed by atoms with Crippen molar-refractivity contribution in [2.75, 3.05) is 25.0 Å². The summed E-state index contributed by atoms with van der Waals surface area (Å²) in [5.41, 5.74) is 0.735. The van der Waals surface area contributed by atoms with Gasteiger partial charge in [-0.05, 0) is 44.5 Å². The first-order chi connectivity index (χ1) is 15.4. The average Bonchev–Trinajstić information content (AvgIpc) is 2.99. The molecule has 8 nitrogen and oxygen atoms in total. The molecule has 0 spiro atoms. The third-order valence-corrected chi connectivity index (χ3v) is 8.35. The van der Waals surface area contributed by atoms with Gasteiger partial charge in [-0.1, -0.05) is 46.3 Å². The van der Waals surface area contributed by atoms with Crippen LogP contribution in [-0.4, -0.2) is 45.1 Å². The summed E-state index contributed by atoms with van der Waals surface area (Å²) >= 11 is 3.41. The first-order valence-electron chi connectivity index (χ1n) is 10.5. The summed E-state index contributed by atoms with van der Waals surface area (Å²) in [6, 6.07) is 14.8. The van der Waals surface area contributed by atoms with Crippen molar-refractivity contribution in [1.82, 2.24) is 15.4 Å². The monoisotopic (exact) mass is 536 g/mol. The summed E-state index contributed by atoms with van der Waals surface area (Å²) in [4.78, 5) is 27.4. The zero-order valence-corrected chi connectivity index (χ0v) is 21.5. The van der Waals surface area contributed by atoms with Crippen molar-refractivity contribution < 1.29 is 18.0 Å². The summed E-state index contributed by atoms with van der Waals surface area (Å²) < 4.78 is 28.2. The van der Waals surface area contributed by atoms with Gasteiger partial charge in [-0.25, -0.2) is 13.1 Å². The molecule has 1 aliphatic rings. The minimum atomic E-state index is -3.73. The standard InChI is InChI=1S/C23H29BrN4O4S/c1-22(2,3)33(31,32)27-15-23(26-13-16-9-11-17(24)12-10-16)18-7-5-6-8-19(18)28(21(23)30)14-20(29)25-4/h5-12,26-27H,13-15H2,1-4H3,(H,25,29). The van der Waals surface area contributed by atoms with Crippen molar-refractivity contribution in [1.29, 1.82) is 0 Å². The fourth-order valence-electron chi connectivity index (χ4n) is 3.58. The van der Waals surface area contributed by atoms with Gasteiger partial charge in [-0.15, -0.1) is 0 Å². The first-order valence-corrected chi connectivity index (χ1v) is 12.8. The third kappa shape index (κ3) is 5.13. The third-order valence-electron chi connectivity index (χ3n) is 5.69. The zero-order chi connectivity index (χ0) is 24.4. The maximum atomic E-state index is 13.8. The van der Waals surface area contributed by atoms with Crippen LogP contribution in [0.1, 0.15) is 31.9 Å². The number of nitrogens with zero attached hydrogens (tertiary/aromatic N) is 1. The Balaban J connectivity index is 2.04. The van der Waals surface area contributed by atoms with Crippen LogP contribution in [0.4, 0.5) is 5.69 Å². The molecule has 10 heteroatoms. The summed E-state index contributed by atoms with van der Waals surface area (Å²) in [5, 5.41) is 5.86. The smallest absolute Gasteiger partial charge is 0.253 e. The Hall–Kier alpha value is -2.27. The molecule has 0 aromatic heterocycles. The molecule has 0 aliphatic carbocycles. The van der Waals surface area contributed by atoms with Gasteiger partial charge < -0.3 is 10.2 Å². The van der Waals surface area contributed by atoms with Gasteiger partial charge in [0.1, 0.15) is 12.1 Å². The Morgan fingerprint density at radius 1 is 1.09 bits per heavy atom. The number of anilines is 1. The van der Waals surface area contributed by atoms with E-state index >= 15 is 0 Å². The Morgan fingerprint density at radius 3 is 2.33 bits per heavy atom. The van der Waals surface area contributed by atoms with Crippen LogP contribution in [0, 0.1) is 0 Å². The van der Waals surface area contributed by atoms with Crippen LogP contribution in [0.2, 0.25) is 0 Å². The lowest BCUT2D eigenvalue weighted by atomic mass is 9.91. The number of benzene rings is 2. The molecule has 0 bridgehead atoms. The fourth-order valence-corrected chi connectivity index (χ4v) is 4.69. The lowest BCUT2D eigenvalue weighted by Gasteiger charge is -2.32. The highest BCUT2D eigenvalue weighted by molar-refractivity contribution is 9.10. The minimum Gasteiger partial charge on any atom is -0.358 e. The van der Waals surface area contributed by atoms with Gasteiger partial charge in [-0.2, -0.15) is 0 Å². The number of para-hydroxylation sites is 1. The number of amides is 2. The van der Waals surface area contributed by atoms with E-state index in [2.05, 4.69) is 31.3 Å². The van der Waals surface area contributed by atoms with Crippen molar-refractivity contribution in [2.24, 2.45) is 0 Å². The second-order valence-corrected chi connectivity index (χ2v) is 12.3. The number of carbonyl (C=O) groups excluding carboxylic acids is 2. The highest BCUT2D eigenvalue weighted by Gasteiger charge is 2.51. The van der Waals surface area contributed by atoms with Crippen molar-refractivity contribution in [3.63, 3.8) is 0 Å². The van der Waals surface area contributed by atoms with Gasteiger partial charge in [-0.3, -0.25) is 14.9 Å². The van der Waals surface area contributed by atoms with Crippen molar-refractivity contribution in [3.05, 3.63) is 64.1 Å². The molecule has 1 unspecified atom stereocenters. The molecule has 2 amide bonds. The van der Waals surface area contributed by atoms with E-state index in [4.69, 9.17) is 0 Å². The number of nitrogens with one attached hydrogen (secondary N) is 3. The fraction of sp³-hybridized carbons (Fsp3) is 0.391. The van der Waals surface area contributed by atoms with E-state index in [1.807, 2.05) is 24.3 Å². The van der Waals surface area contributed by atoms with Gasteiger partial charge in [0.05, 0.1) is 4.75 Å². The van der Waals surface area contributed by atoms with E-state index in [9.17, 15) is 18.0 Å². The van der Waals surface area contributed by atoms with Crippen LogP contribution in [0.25, 0.3) is 0 Å². The quantitative estimate of drug-likeness (QED) is 0.479. The van der Waals surface area contributed by atoms with Gasteiger partial charge in [0.2, 0.25) is 15.9 Å². The summed E-state index contributed by atoms with van der Waals surface area (Å²) in [5.74, 6) is -0.710. The summed E-state index contributed by atoms with van der Waals surface area (Å²) in [6.45, 7) is 4.75. The molecule has 178 valence electrons. The minimum absolute atomic E-state index is 0.167. The number of rotatable bonds is 8. The largest absolute Gasteiger partial charge is 0.358 e. The molecule has 0 saturated heterocycles. The molecule has 3 N–H and O–H groups in total. The van der Waals surface area contributed by atoms with Gasteiger partial charge in [0.15, 0.2) is 0 Å². The predicted octanol–water partition coefficient (Wildman–Crippen LogP) is 2.24. The number of hydrogen-bond donors (Lipinski definition) is 3. The highest BCUT2D eigenvalue weighted by atomic mass is 79.9. The van der Waals surface area contributed by atoms with Crippen molar-refractivity contribution in [3.8, 4) is 0 Å². The molecular formula is C23H29BrN4O4S. The maximum absolute atomic E-state index is 13.8. The lowest BCUT2D eigenvalue weighted by molar-refractivity contribution is -0.126. The van der Waals surface area contributed by atoms with Gasteiger partial charge in [0.25, 0.3) is 5.91 Å². The van der Waals surface area contributed by atoms with E-state index in [-0.39, 0.29) is 24.9 Å². The predicted molar refractivity (Wildman–Crippen MR) is 132 cm³/mol. The van der Waals surface area contributed by atoms with Crippen molar-refractivity contribution >= 4 is 43.5 Å². The van der Waals surface area contributed by atoms with E-state index in [0.717, 1.165) is 10.0 Å². The van der Waals surface area contributed by atoms with Crippen LogP contribution >= 0.6 is 15.9 Å². The molecule has 1 heterocycles. The van der Waals surface area contributed by atoms with Crippen LogP contribution in [0.15, 0.2) is 53.0 Å². The number of sulfonamides is 1. The molecule has 1 aliphatic heterocycles. The second kappa shape index (κ2) is 9.54. The van der Waals surface area contributed by atoms with E-state index in [1.165, 1.54) is 11.9 Å². The van der Waals surface area contributed by atoms with Crippen LogP contribution in [0.3, 0.4) is 0 Å².